The molecule has 5 rings (SSSR count). The van der Waals surface area contributed by atoms with E-state index in [-0.39, 0.29) is 0 Å². The van der Waals surface area contributed by atoms with Gasteiger partial charge in [0.2, 0.25) is 11.8 Å². The van der Waals surface area contributed by atoms with Crippen molar-refractivity contribution < 1.29 is 9.59 Å². The summed E-state index contributed by atoms with van der Waals surface area (Å²) in [5, 5.41) is 0. The zero-order valence-corrected chi connectivity index (χ0v) is 19.5. The van der Waals surface area contributed by atoms with Crippen LogP contribution in [0.2, 0.25) is 0 Å². The lowest BCUT2D eigenvalue weighted by molar-refractivity contribution is -0.136. The van der Waals surface area contributed by atoms with Crippen molar-refractivity contribution in [2.24, 2.45) is 17.3 Å². The molecule has 2 aliphatic heterocycles. The average molecular weight is 438 g/mol. The second kappa shape index (κ2) is 9.44. The van der Waals surface area contributed by atoms with Crippen molar-refractivity contribution in [2.75, 3.05) is 44.2 Å². The minimum Gasteiger partial charge on any atom is -0.368 e. The molecule has 0 radical (unpaired) electrons. The Balaban J connectivity index is 1.01. The van der Waals surface area contributed by atoms with Crippen molar-refractivity contribution in [1.82, 2.24) is 9.80 Å². The molecular formula is C27H39N3O2. The fourth-order valence-electron chi connectivity index (χ4n) is 6.51. The van der Waals surface area contributed by atoms with E-state index in [1.54, 1.807) is 0 Å². The largest absolute Gasteiger partial charge is 0.368 e. The van der Waals surface area contributed by atoms with E-state index >= 15 is 0 Å². The highest BCUT2D eigenvalue weighted by molar-refractivity contribution is 5.83. The van der Waals surface area contributed by atoms with Crippen LogP contribution < -0.4 is 4.90 Å². The Morgan fingerprint density at radius 2 is 1.53 bits per heavy atom. The van der Waals surface area contributed by atoms with E-state index in [1.165, 1.54) is 37.8 Å². The number of piperidine rings is 1. The van der Waals surface area contributed by atoms with E-state index in [4.69, 9.17) is 0 Å². The summed E-state index contributed by atoms with van der Waals surface area (Å²) >= 11 is 0. The van der Waals surface area contributed by atoms with Gasteiger partial charge in [-0.15, -0.1) is 0 Å². The summed E-state index contributed by atoms with van der Waals surface area (Å²) in [4.78, 5) is 32.3. The number of piperazine rings is 1. The number of nitrogens with zero attached hydrogens (tertiary/aromatic N) is 3. The molecule has 0 bridgehead atoms. The van der Waals surface area contributed by atoms with E-state index in [2.05, 4.69) is 39.0 Å². The lowest BCUT2D eigenvalue weighted by Gasteiger charge is -2.37. The van der Waals surface area contributed by atoms with Crippen LogP contribution in [0.1, 0.15) is 64.2 Å². The van der Waals surface area contributed by atoms with Gasteiger partial charge in [-0.2, -0.15) is 0 Å². The Bertz CT molecular complexity index is 788. The molecule has 1 aromatic carbocycles. The lowest BCUT2D eigenvalue weighted by atomic mass is 9.84. The maximum absolute atomic E-state index is 13.0. The Labute approximate surface area is 193 Å². The summed E-state index contributed by atoms with van der Waals surface area (Å²) in [7, 11) is 0. The fraction of sp³-hybridized carbons (Fsp3) is 0.704. The highest BCUT2D eigenvalue weighted by Crippen LogP contribution is 2.62. The van der Waals surface area contributed by atoms with Crippen LogP contribution in [0.15, 0.2) is 30.3 Å². The Morgan fingerprint density at radius 3 is 2.22 bits per heavy atom. The molecule has 2 saturated carbocycles. The Hall–Kier alpha value is -2.04. The van der Waals surface area contributed by atoms with Gasteiger partial charge in [0, 0.05) is 57.3 Å². The Morgan fingerprint density at radius 1 is 0.844 bits per heavy atom. The van der Waals surface area contributed by atoms with Gasteiger partial charge in [0.15, 0.2) is 0 Å². The third-order valence-electron chi connectivity index (χ3n) is 8.78. The summed E-state index contributed by atoms with van der Waals surface area (Å²) in [6, 6.07) is 10.5. The first-order chi connectivity index (χ1) is 15.6. The molecule has 1 aromatic rings. The van der Waals surface area contributed by atoms with Crippen LogP contribution in [-0.4, -0.2) is 60.9 Å². The van der Waals surface area contributed by atoms with Crippen molar-refractivity contribution in [3.63, 3.8) is 0 Å². The van der Waals surface area contributed by atoms with E-state index in [1.807, 2.05) is 6.07 Å². The van der Waals surface area contributed by atoms with Gasteiger partial charge in [-0.05, 0) is 62.0 Å². The summed E-state index contributed by atoms with van der Waals surface area (Å²) in [5.41, 5.74) is 1.64. The number of rotatable bonds is 5. The Kier molecular flexibility index (Phi) is 6.43. The van der Waals surface area contributed by atoms with Crippen molar-refractivity contribution in [2.45, 2.75) is 64.2 Å². The summed E-state index contributed by atoms with van der Waals surface area (Å²) < 4.78 is 0. The molecule has 0 unspecified atom stereocenters. The maximum Gasteiger partial charge on any atom is 0.226 e. The van der Waals surface area contributed by atoms with Gasteiger partial charge in [-0.25, -0.2) is 0 Å². The molecule has 1 atom stereocenters. The van der Waals surface area contributed by atoms with E-state index in [0.29, 0.717) is 35.5 Å². The molecule has 1 spiro atoms. The van der Waals surface area contributed by atoms with Crippen LogP contribution in [0.5, 0.6) is 0 Å². The number of para-hydroxylation sites is 1. The highest BCUT2D eigenvalue weighted by Gasteiger charge is 2.58. The molecule has 4 fully saturated rings. The minimum atomic E-state index is 0.313. The van der Waals surface area contributed by atoms with Crippen LogP contribution in [0, 0.1) is 17.3 Å². The van der Waals surface area contributed by atoms with E-state index in [9.17, 15) is 9.59 Å². The van der Waals surface area contributed by atoms with Crippen LogP contribution in [-0.2, 0) is 9.59 Å². The number of hydrogen-bond donors (Lipinski definition) is 0. The summed E-state index contributed by atoms with van der Waals surface area (Å²) in [6.07, 6.45) is 11.5. The number of amides is 2. The van der Waals surface area contributed by atoms with Gasteiger partial charge in [0.25, 0.3) is 0 Å². The topological polar surface area (TPSA) is 43.9 Å². The van der Waals surface area contributed by atoms with Crippen molar-refractivity contribution in [3.05, 3.63) is 30.3 Å². The molecule has 4 aliphatic rings. The van der Waals surface area contributed by atoms with E-state index < -0.39 is 0 Å². The molecule has 0 aromatic heterocycles. The first-order valence-corrected chi connectivity index (χ1v) is 13.0. The first-order valence-electron chi connectivity index (χ1n) is 13.0. The number of hydrogen-bond acceptors (Lipinski definition) is 3. The molecule has 2 saturated heterocycles. The molecule has 0 N–H and O–H groups in total. The molecule has 5 heteroatoms. The SMILES string of the molecule is O=C(CCC1CCN(C(=O)[C@@H]2CC23CCCCC3)CC1)N1CCN(c2ccccc2)CC1. The number of carbonyl (C=O) groups excluding carboxylic acids is 2. The zero-order valence-electron chi connectivity index (χ0n) is 19.5. The predicted molar refractivity (Wildman–Crippen MR) is 127 cm³/mol. The number of likely N-dealkylation sites (tertiary alicyclic amines) is 1. The minimum absolute atomic E-state index is 0.313. The first kappa shape index (κ1) is 21.8. The van der Waals surface area contributed by atoms with Gasteiger partial charge in [-0.3, -0.25) is 9.59 Å². The van der Waals surface area contributed by atoms with Crippen LogP contribution in [0.25, 0.3) is 0 Å². The van der Waals surface area contributed by atoms with Crippen LogP contribution in [0.4, 0.5) is 5.69 Å². The molecule has 174 valence electrons. The second-order valence-electron chi connectivity index (χ2n) is 10.7. The third-order valence-corrected chi connectivity index (χ3v) is 8.78. The average Bonchev–Trinajstić information content (AvgIpc) is 3.55. The monoisotopic (exact) mass is 437 g/mol. The fourth-order valence-corrected chi connectivity index (χ4v) is 6.51. The summed E-state index contributed by atoms with van der Waals surface area (Å²) in [5.74, 6) is 1.68. The van der Waals surface area contributed by atoms with Gasteiger partial charge < -0.3 is 14.7 Å². The van der Waals surface area contributed by atoms with Crippen molar-refractivity contribution in [1.29, 1.82) is 0 Å². The molecule has 2 aliphatic carbocycles. The molecule has 5 nitrogen and oxygen atoms in total. The summed E-state index contributed by atoms with van der Waals surface area (Å²) in [6.45, 7) is 5.28. The van der Waals surface area contributed by atoms with Gasteiger partial charge in [0.1, 0.15) is 0 Å². The number of benzene rings is 1. The van der Waals surface area contributed by atoms with Crippen molar-refractivity contribution >= 4 is 17.5 Å². The highest BCUT2D eigenvalue weighted by atomic mass is 16.2. The molecule has 32 heavy (non-hydrogen) atoms. The molecule has 2 amide bonds. The molecule has 2 heterocycles. The quantitative estimate of drug-likeness (QED) is 0.689. The smallest absolute Gasteiger partial charge is 0.226 e. The van der Waals surface area contributed by atoms with Crippen LogP contribution in [0.3, 0.4) is 0 Å². The number of anilines is 1. The van der Waals surface area contributed by atoms with E-state index in [0.717, 1.165) is 65.0 Å². The predicted octanol–water partition coefficient (Wildman–Crippen LogP) is 4.32. The molecular weight excluding hydrogens is 398 g/mol. The maximum atomic E-state index is 13.0. The van der Waals surface area contributed by atoms with Gasteiger partial charge in [0.05, 0.1) is 0 Å². The van der Waals surface area contributed by atoms with Gasteiger partial charge >= 0.3 is 0 Å². The van der Waals surface area contributed by atoms with Crippen molar-refractivity contribution in [3.8, 4) is 0 Å². The van der Waals surface area contributed by atoms with Gasteiger partial charge in [-0.1, -0.05) is 37.5 Å². The number of carbonyl (C=O) groups is 2. The normalized spacial score (nSPS) is 25.8. The van der Waals surface area contributed by atoms with Crippen LogP contribution >= 0.6 is 0 Å². The zero-order chi connectivity index (χ0) is 22.0. The lowest BCUT2D eigenvalue weighted by Crippen LogP contribution is -2.48. The third kappa shape index (κ3) is 4.67. The second-order valence-corrected chi connectivity index (χ2v) is 10.7. The standard InChI is InChI=1S/C27H39N3O2/c31-25(29-19-17-28(18-20-29)23-7-3-1-4-8-23)10-9-22-11-15-30(16-12-22)26(32)24-21-27(24)13-5-2-6-14-27/h1,3-4,7-8,22,24H,2,5-6,9-21H2/t24-/m0/s1.